The molecule has 0 saturated carbocycles. The standard InChI is InChI=1S/C14H20BFN4O7S/c16-28(25,26)27-11-6-9(3-4-10(11)7-19-17)14(22)18-8-13(21)20-5-1-2-12(20)15(23)24/h3-4,6,12,19,23-24H,1-2,5,7-8,17H2,(H,18,22). The maximum Gasteiger partial charge on any atom is 0.488 e. The van der Waals surface area contributed by atoms with Crippen LogP contribution in [0.1, 0.15) is 28.8 Å². The second-order valence-corrected chi connectivity index (χ2v) is 7.03. The number of likely N-dealkylation sites (tertiary alicyclic amines) is 1. The number of carbonyl (C=O) groups is 2. The van der Waals surface area contributed by atoms with Gasteiger partial charge in [0.05, 0.1) is 12.5 Å². The molecule has 1 saturated heterocycles. The van der Waals surface area contributed by atoms with Crippen molar-refractivity contribution >= 4 is 29.4 Å². The van der Waals surface area contributed by atoms with Crippen LogP contribution in [0.3, 0.4) is 0 Å². The first-order valence-corrected chi connectivity index (χ1v) is 9.57. The van der Waals surface area contributed by atoms with E-state index in [1.54, 1.807) is 0 Å². The molecule has 1 fully saturated rings. The van der Waals surface area contributed by atoms with E-state index in [4.69, 9.17) is 5.84 Å². The van der Waals surface area contributed by atoms with Gasteiger partial charge >= 0.3 is 17.6 Å². The maximum atomic E-state index is 12.9. The third-order valence-electron chi connectivity index (χ3n) is 4.18. The average Bonchev–Trinajstić information content (AvgIpc) is 3.10. The Kier molecular flexibility index (Phi) is 7.32. The first-order chi connectivity index (χ1) is 13.1. The minimum Gasteiger partial charge on any atom is -0.426 e. The number of nitrogens with zero attached hydrogens (tertiary/aromatic N) is 1. The average molecular weight is 418 g/mol. The van der Waals surface area contributed by atoms with Crippen LogP contribution in [0, 0.1) is 0 Å². The Morgan fingerprint density at radius 1 is 1.39 bits per heavy atom. The molecular formula is C14H20BFN4O7S. The molecule has 1 atom stereocenters. The predicted octanol–water partition coefficient (Wildman–Crippen LogP) is -2.02. The van der Waals surface area contributed by atoms with Gasteiger partial charge in [0.15, 0.2) is 5.75 Å². The van der Waals surface area contributed by atoms with Crippen LogP contribution in [0.15, 0.2) is 18.2 Å². The van der Waals surface area contributed by atoms with Crippen LogP contribution < -0.4 is 20.8 Å². The molecule has 0 aliphatic carbocycles. The van der Waals surface area contributed by atoms with Crippen LogP contribution in [0.25, 0.3) is 0 Å². The molecule has 14 heteroatoms. The minimum atomic E-state index is -5.32. The van der Waals surface area contributed by atoms with Crippen LogP contribution in [0.5, 0.6) is 5.75 Å². The Bertz CT molecular complexity index is 839. The molecule has 0 aromatic heterocycles. The highest BCUT2D eigenvalue weighted by Crippen LogP contribution is 2.23. The van der Waals surface area contributed by atoms with Crippen LogP contribution in [-0.2, 0) is 21.8 Å². The monoisotopic (exact) mass is 418 g/mol. The largest absolute Gasteiger partial charge is 0.488 e. The molecule has 28 heavy (non-hydrogen) atoms. The van der Waals surface area contributed by atoms with Gasteiger partial charge in [0, 0.05) is 24.2 Å². The molecule has 154 valence electrons. The molecule has 1 heterocycles. The summed E-state index contributed by atoms with van der Waals surface area (Å²) in [6.07, 6.45) is 1.05. The van der Waals surface area contributed by atoms with Crippen LogP contribution in [0.2, 0.25) is 0 Å². The third-order valence-corrected chi connectivity index (χ3v) is 4.55. The van der Waals surface area contributed by atoms with E-state index in [-0.39, 0.29) is 17.7 Å². The van der Waals surface area contributed by atoms with E-state index in [9.17, 15) is 31.9 Å². The molecular weight excluding hydrogens is 398 g/mol. The normalized spacial score (nSPS) is 16.7. The predicted molar refractivity (Wildman–Crippen MR) is 95.4 cm³/mol. The third kappa shape index (κ3) is 5.87. The summed E-state index contributed by atoms with van der Waals surface area (Å²) in [4.78, 5) is 25.7. The van der Waals surface area contributed by atoms with Gasteiger partial charge in [0.25, 0.3) is 5.91 Å². The lowest BCUT2D eigenvalue weighted by atomic mass is 9.78. The van der Waals surface area contributed by atoms with Crippen molar-refractivity contribution in [2.45, 2.75) is 25.3 Å². The van der Waals surface area contributed by atoms with E-state index in [0.717, 1.165) is 6.07 Å². The first-order valence-electron chi connectivity index (χ1n) is 8.26. The number of carbonyl (C=O) groups excluding carboxylic acids is 2. The lowest BCUT2D eigenvalue weighted by Gasteiger charge is -2.24. The van der Waals surface area contributed by atoms with E-state index in [2.05, 4.69) is 14.9 Å². The molecule has 11 nitrogen and oxygen atoms in total. The summed E-state index contributed by atoms with van der Waals surface area (Å²) in [5, 5.41) is 20.9. The molecule has 1 aromatic rings. The van der Waals surface area contributed by atoms with Crippen LogP contribution in [-0.4, -0.2) is 61.3 Å². The number of benzene rings is 1. The van der Waals surface area contributed by atoms with Gasteiger partial charge in [-0.25, -0.2) is 0 Å². The van der Waals surface area contributed by atoms with Gasteiger partial charge in [-0.2, -0.15) is 8.42 Å². The van der Waals surface area contributed by atoms with Crippen LogP contribution in [0.4, 0.5) is 3.89 Å². The Morgan fingerprint density at radius 2 is 2.11 bits per heavy atom. The van der Waals surface area contributed by atoms with E-state index >= 15 is 0 Å². The van der Waals surface area contributed by atoms with Crippen LogP contribution >= 0.6 is 0 Å². The number of rotatable bonds is 8. The second kappa shape index (κ2) is 9.29. The number of hydrogen-bond acceptors (Lipinski definition) is 9. The second-order valence-electron chi connectivity index (χ2n) is 6.07. The highest BCUT2D eigenvalue weighted by atomic mass is 32.3. The zero-order chi connectivity index (χ0) is 20.9. The molecule has 2 amide bonds. The van der Waals surface area contributed by atoms with Crippen molar-refractivity contribution in [2.75, 3.05) is 13.1 Å². The lowest BCUT2D eigenvalue weighted by Crippen LogP contribution is -2.48. The Hall–Kier alpha value is -2.26. The summed E-state index contributed by atoms with van der Waals surface area (Å²) in [6, 6.07) is 3.63. The van der Waals surface area contributed by atoms with E-state index < -0.39 is 47.7 Å². The highest BCUT2D eigenvalue weighted by Gasteiger charge is 2.36. The topological polar surface area (TPSA) is 171 Å². The molecule has 1 aromatic carbocycles. The number of hydrazine groups is 1. The Morgan fingerprint density at radius 3 is 2.71 bits per heavy atom. The van der Waals surface area contributed by atoms with Gasteiger partial charge in [-0.3, -0.25) is 20.9 Å². The lowest BCUT2D eigenvalue weighted by molar-refractivity contribution is -0.130. The number of hydrogen-bond donors (Lipinski definition) is 5. The van der Waals surface area contributed by atoms with Crippen molar-refractivity contribution in [1.29, 1.82) is 0 Å². The van der Waals surface area contributed by atoms with Gasteiger partial charge in [-0.15, -0.1) is 0 Å². The molecule has 0 spiro atoms. The summed E-state index contributed by atoms with van der Waals surface area (Å²) in [5.41, 5.74) is 2.37. The summed E-state index contributed by atoms with van der Waals surface area (Å²) >= 11 is 0. The Balaban J connectivity index is 2.07. The molecule has 1 aliphatic rings. The van der Waals surface area contributed by atoms with Crippen molar-refractivity contribution < 1.29 is 36.1 Å². The fraction of sp³-hybridized carbons (Fsp3) is 0.429. The fourth-order valence-corrected chi connectivity index (χ4v) is 3.28. The number of amides is 2. The number of halogens is 1. The van der Waals surface area contributed by atoms with Gasteiger partial charge in [-0.1, -0.05) is 9.95 Å². The number of nitrogens with one attached hydrogen (secondary N) is 2. The fourth-order valence-electron chi connectivity index (χ4n) is 2.91. The number of nitrogens with two attached hydrogens (primary N) is 1. The van der Waals surface area contributed by atoms with Crippen molar-refractivity contribution in [1.82, 2.24) is 15.6 Å². The van der Waals surface area contributed by atoms with Crippen molar-refractivity contribution in [2.24, 2.45) is 5.84 Å². The van der Waals surface area contributed by atoms with Gasteiger partial charge in [0.2, 0.25) is 5.91 Å². The zero-order valence-electron chi connectivity index (χ0n) is 14.7. The molecule has 0 radical (unpaired) electrons. The SMILES string of the molecule is NNCc1ccc(C(=O)NCC(=O)N2CCCC2B(O)O)cc1OS(=O)(=O)F. The summed E-state index contributed by atoms with van der Waals surface area (Å²) < 4.78 is 38.6. The summed E-state index contributed by atoms with van der Waals surface area (Å²) in [6.45, 7) is -0.124. The Labute approximate surface area is 161 Å². The smallest absolute Gasteiger partial charge is 0.426 e. The molecule has 1 unspecified atom stereocenters. The van der Waals surface area contributed by atoms with Gasteiger partial charge in [-0.05, 0) is 25.0 Å². The zero-order valence-corrected chi connectivity index (χ0v) is 15.5. The van der Waals surface area contributed by atoms with E-state index in [1.807, 2.05) is 0 Å². The highest BCUT2D eigenvalue weighted by molar-refractivity contribution is 7.81. The summed E-state index contributed by atoms with van der Waals surface area (Å²) in [5.74, 6) is 2.76. The summed E-state index contributed by atoms with van der Waals surface area (Å²) in [7, 11) is -6.99. The quantitative estimate of drug-likeness (QED) is 0.138. The van der Waals surface area contributed by atoms with Crippen molar-refractivity contribution in [3.8, 4) is 5.75 Å². The molecule has 0 bridgehead atoms. The van der Waals surface area contributed by atoms with Crippen molar-refractivity contribution in [3.63, 3.8) is 0 Å². The van der Waals surface area contributed by atoms with E-state index in [0.29, 0.717) is 19.4 Å². The van der Waals surface area contributed by atoms with Crippen molar-refractivity contribution in [3.05, 3.63) is 29.3 Å². The first kappa shape index (κ1) is 22.0. The van der Waals surface area contributed by atoms with E-state index in [1.165, 1.54) is 17.0 Å². The minimum absolute atomic E-state index is 0.0505. The molecule has 1 aliphatic heterocycles. The van der Waals surface area contributed by atoms with Gasteiger partial charge in [0.1, 0.15) is 0 Å². The molecule has 6 N–H and O–H groups in total. The maximum absolute atomic E-state index is 12.9. The molecule has 2 rings (SSSR count). The van der Waals surface area contributed by atoms with Gasteiger partial charge < -0.3 is 24.4 Å².